The van der Waals surface area contributed by atoms with Gasteiger partial charge in [-0.25, -0.2) is 0 Å². The number of rotatable bonds is 7. The minimum absolute atomic E-state index is 0.180. The molecule has 0 spiro atoms. The molecule has 0 bridgehead atoms. The predicted molar refractivity (Wildman–Crippen MR) is 86.4 cm³/mol. The van der Waals surface area contributed by atoms with E-state index in [1.54, 1.807) is 0 Å². The molecule has 1 aliphatic rings. The summed E-state index contributed by atoms with van der Waals surface area (Å²) >= 11 is 0. The van der Waals surface area contributed by atoms with Gasteiger partial charge in [0, 0.05) is 45.3 Å². The molecule has 0 amide bonds. The first-order chi connectivity index (χ1) is 9.76. The van der Waals surface area contributed by atoms with Crippen molar-refractivity contribution in [1.82, 2.24) is 15.1 Å². The van der Waals surface area contributed by atoms with Gasteiger partial charge in [-0.1, -0.05) is 13.8 Å². The van der Waals surface area contributed by atoms with Gasteiger partial charge in [0.2, 0.25) is 0 Å². The van der Waals surface area contributed by atoms with Crippen molar-refractivity contribution >= 4 is 5.97 Å². The molecule has 0 aromatic rings. The molecule has 1 fully saturated rings. The second kappa shape index (κ2) is 8.11. The molecule has 0 aromatic carbocycles. The van der Waals surface area contributed by atoms with Gasteiger partial charge in [0.05, 0.1) is 7.11 Å². The monoisotopic (exact) mass is 299 g/mol. The summed E-state index contributed by atoms with van der Waals surface area (Å²) in [6, 6.07) is 0.247. The second-order valence-electron chi connectivity index (χ2n) is 7.09. The molecule has 5 heteroatoms. The van der Waals surface area contributed by atoms with Gasteiger partial charge in [0.1, 0.15) is 5.54 Å². The fourth-order valence-corrected chi connectivity index (χ4v) is 3.13. The third kappa shape index (κ3) is 5.93. The van der Waals surface area contributed by atoms with Crippen molar-refractivity contribution < 1.29 is 9.53 Å². The van der Waals surface area contributed by atoms with Crippen LogP contribution in [0.1, 0.15) is 34.6 Å². The van der Waals surface area contributed by atoms with Gasteiger partial charge >= 0.3 is 5.97 Å². The molecule has 1 saturated heterocycles. The summed E-state index contributed by atoms with van der Waals surface area (Å²) in [5.74, 6) is 0.528. The Labute approximate surface area is 130 Å². The number of carbonyl (C=O) groups excluding carboxylic acids is 1. The number of hydrogen-bond acceptors (Lipinski definition) is 5. The molecule has 0 aromatic heterocycles. The van der Waals surface area contributed by atoms with Crippen molar-refractivity contribution in [2.45, 2.75) is 46.2 Å². The maximum Gasteiger partial charge on any atom is 0.327 e. The first kappa shape index (κ1) is 18.4. The molecule has 0 aliphatic carbocycles. The number of methoxy groups -OCH3 is 1. The minimum atomic E-state index is -0.636. The molecule has 1 heterocycles. The van der Waals surface area contributed by atoms with Crippen LogP contribution in [0.25, 0.3) is 0 Å². The molecule has 21 heavy (non-hydrogen) atoms. The van der Waals surface area contributed by atoms with Crippen LogP contribution in [0.3, 0.4) is 0 Å². The van der Waals surface area contributed by atoms with Crippen LogP contribution in [0.15, 0.2) is 0 Å². The van der Waals surface area contributed by atoms with Gasteiger partial charge in [0.15, 0.2) is 0 Å². The Hall–Kier alpha value is -0.650. The van der Waals surface area contributed by atoms with Crippen molar-refractivity contribution in [3.8, 4) is 0 Å². The van der Waals surface area contributed by atoms with E-state index in [-0.39, 0.29) is 12.0 Å². The Kier molecular flexibility index (Phi) is 7.10. The van der Waals surface area contributed by atoms with Crippen molar-refractivity contribution in [3.63, 3.8) is 0 Å². The fraction of sp³-hybridized carbons (Fsp3) is 0.938. The average molecular weight is 299 g/mol. The van der Waals surface area contributed by atoms with E-state index in [9.17, 15) is 4.79 Å². The SMILES string of the molecule is COC(=O)C(C)(CN1CCN(CC(C)C)CC1)NC(C)C. The zero-order chi connectivity index (χ0) is 16.0. The van der Waals surface area contributed by atoms with Gasteiger partial charge in [0.25, 0.3) is 0 Å². The molecular formula is C16H33N3O2. The fourth-order valence-electron chi connectivity index (χ4n) is 3.13. The van der Waals surface area contributed by atoms with Crippen LogP contribution < -0.4 is 5.32 Å². The van der Waals surface area contributed by atoms with Crippen molar-refractivity contribution in [1.29, 1.82) is 0 Å². The standard InChI is InChI=1S/C16H33N3O2/c1-13(2)11-18-7-9-19(10-8-18)12-16(5,15(20)21-6)17-14(3)4/h13-14,17H,7-12H2,1-6H3. The average Bonchev–Trinajstić information content (AvgIpc) is 2.38. The maximum absolute atomic E-state index is 12.1. The van der Waals surface area contributed by atoms with E-state index in [2.05, 4.69) is 42.8 Å². The Morgan fingerprint density at radius 3 is 2.10 bits per heavy atom. The highest BCUT2D eigenvalue weighted by Crippen LogP contribution is 2.13. The molecule has 1 aliphatic heterocycles. The molecular weight excluding hydrogens is 266 g/mol. The maximum atomic E-state index is 12.1. The van der Waals surface area contributed by atoms with Gasteiger partial charge in [-0.3, -0.25) is 15.0 Å². The molecule has 1 rings (SSSR count). The number of piperazine rings is 1. The number of hydrogen-bond donors (Lipinski definition) is 1. The summed E-state index contributed by atoms with van der Waals surface area (Å²) < 4.78 is 4.99. The Balaban J connectivity index is 2.55. The van der Waals surface area contributed by atoms with Crippen LogP contribution in [0.4, 0.5) is 0 Å². The number of nitrogens with zero attached hydrogens (tertiary/aromatic N) is 2. The molecule has 0 saturated carbocycles. The third-order valence-electron chi connectivity index (χ3n) is 3.87. The number of ether oxygens (including phenoxy) is 1. The molecule has 5 nitrogen and oxygen atoms in total. The third-order valence-corrected chi connectivity index (χ3v) is 3.87. The number of carbonyl (C=O) groups is 1. The summed E-state index contributed by atoms with van der Waals surface area (Å²) in [4.78, 5) is 17.0. The number of esters is 1. The summed E-state index contributed by atoms with van der Waals surface area (Å²) in [6.07, 6.45) is 0. The first-order valence-corrected chi connectivity index (χ1v) is 8.07. The highest BCUT2D eigenvalue weighted by atomic mass is 16.5. The van der Waals surface area contributed by atoms with E-state index in [4.69, 9.17) is 4.74 Å². The lowest BCUT2D eigenvalue weighted by Crippen LogP contribution is -2.61. The molecule has 1 unspecified atom stereocenters. The smallest absolute Gasteiger partial charge is 0.327 e. The van der Waals surface area contributed by atoms with E-state index >= 15 is 0 Å². The predicted octanol–water partition coefficient (Wildman–Crippen LogP) is 1.19. The zero-order valence-corrected chi connectivity index (χ0v) is 14.6. The molecule has 124 valence electrons. The van der Waals surface area contributed by atoms with Crippen LogP contribution in [0, 0.1) is 5.92 Å². The topological polar surface area (TPSA) is 44.8 Å². The van der Waals surface area contributed by atoms with E-state index in [1.807, 2.05) is 6.92 Å². The van der Waals surface area contributed by atoms with E-state index in [1.165, 1.54) is 7.11 Å². The van der Waals surface area contributed by atoms with Gasteiger partial charge in [-0.05, 0) is 26.7 Å². The number of nitrogens with one attached hydrogen (secondary N) is 1. The molecule has 0 radical (unpaired) electrons. The van der Waals surface area contributed by atoms with E-state index < -0.39 is 5.54 Å². The summed E-state index contributed by atoms with van der Waals surface area (Å²) in [5, 5.41) is 3.37. The van der Waals surface area contributed by atoms with Crippen LogP contribution >= 0.6 is 0 Å². The largest absolute Gasteiger partial charge is 0.468 e. The zero-order valence-electron chi connectivity index (χ0n) is 14.6. The second-order valence-corrected chi connectivity index (χ2v) is 7.09. The summed E-state index contributed by atoms with van der Waals surface area (Å²) in [5.41, 5.74) is -0.636. The molecule has 1 N–H and O–H groups in total. The van der Waals surface area contributed by atoms with Crippen LogP contribution in [-0.4, -0.2) is 73.7 Å². The van der Waals surface area contributed by atoms with Crippen LogP contribution in [0.2, 0.25) is 0 Å². The van der Waals surface area contributed by atoms with Crippen LogP contribution in [0.5, 0.6) is 0 Å². The first-order valence-electron chi connectivity index (χ1n) is 8.07. The van der Waals surface area contributed by atoms with E-state index in [0.29, 0.717) is 12.5 Å². The summed E-state index contributed by atoms with van der Waals surface area (Å²) in [7, 11) is 1.46. The van der Waals surface area contributed by atoms with Crippen molar-refractivity contribution in [2.24, 2.45) is 5.92 Å². The quantitative estimate of drug-likeness (QED) is 0.716. The Bertz CT molecular complexity index is 325. The summed E-state index contributed by atoms with van der Waals surface area (Å²) in [6.45, 7) is 16.6. The minimum Gasteiger partial charge on any atom is -0.468 e. The van der Waals surface area contributed by atoms with Gasteiger partial charge < -0.3 is 9.64 Å². The Morgan fingerprint density at radius 2 is 1.67 bits per heavy atom. The normalized spacial score (nSPS) is 20.8. The van der Waals surface area contributed by atoms with E-state index in [0.717, 1.165) is 32.7 Å². The van der Waals surface area contributed by atoms with Gasteiger partial charge in [-0.15, -0.1) is 0 Å². The van der Waals surface area contributed by atoms with Crippen molar-refractivity contribution in [2.75, 3.05) is 46.4 Å². The lowest BCUT2D eigenvalue weighted by atomic mass is 10.00. The molecule has 1 atom stereocenters. The highest BCUT2D eigenvalue weighted by molar-refractivity contribution is 5.80. The lowest BCUT2D eigenvalue weighted by Gasteiger charge is -2.40. The highest BCUT2D eigenvalue weighted by Gasteiger charge is 2.37. The van der Waals surface area contributed by atoms with Crippen LogP contribution in [-0.2, 0) is 9.53 Å². The van der Waals surface area contributed by atoms with Crippen molar-refractivity contribution in [3.05, 3.63) is 0 Å². The van der Waals surface area contributed by atoms with Gasteiger partial charge in [-0.2, -0.15) is 0 Å². The Morgan fingerprint density at radius 1 is 1.14 bits per heavy atom. The lowest BCUT2D eigenvalue weighted by molar-refractivity contribution is -0.149.